The van der Waals surface area contributed by atoms with Crippen LogP contribution in [0.25, 0.3) is 5.69 Å². The topological polar surface area (TPSA) is 99.5 Å². The molecule has 37 heavy (non-hydrogen) atoms. The third-order valence-electron chi connectivity index (χ3n) is 5.26. The first kappa shape index (κ1) is 26.2. The summed E-state index contributed by atoms with van der Waals surface area (Å²) in [6, 6.07) is 17.5. The maximum atomic E-state index is 13.5. The van der Waals surface area contributed by atoms with E-state index in [-0.39, 0.29) is 27.8 Å². The second kappa shape index (κ2) is 10.7. The molecule has 0 aliphatic heterocycles. The number of aromatic nitrogens is 2. The van der Waals surface area contributed by atoms with Crippen molar-refractivity contribution in [2.45, 2.75) is 12.7 Å². The number of aliphatic imine (C=N–C) groups is 1. The Balaban J connectivity index is 1.90. The van der Waals surface area contributed by atoms with E-state index in [1.165, 1.54) is 30.3 Å². The van der Waals surface area contributed by atoms with Gasteiger partial charge < -0.3 is 10.4 Å². The highest BCUT2D eigenvalue weighted by atomic mass is 79.9. The second-order valence-corrected chi connectivity index (χ2v) is 9.02. The van der Waals surface area contributed by atoms with E-state index in [1.807, 2.05) is 0 Å². The van der Waals surface area contributed by atoms with E-state index in [2.05, 4.69) is 31.2 Å². The zero-order valence-corrected chi connectivity index (χ0v) is 21.0. The van der Waals surface area contributed by atoms with Gasteiger partial charge in [0, 0.05) is 4.47 Å². The second-order valence-electron chi connectivity index (χ2n) is 7.69. The van der Waals surface area contributed by atoms with Crippen molar-refractivity contribution in [1.29, 1.82) is 0 Å². The number of hydrogen-bond donors (Lipinski definition) is 3. The van der Waals surface area contributed by atoms with Crippen molar-refractivity contribution < 1.29 is 18.3 Å². The van der Waals surface area contributed by atoms with E-state index in [0.717, 1.165) is 10.6 Å². The molecular formula is C25H17BrClF3N4O3. The first-order valence-corrected chi connectivity index (χ1v) is 11.8. The molecule has 0 bridgehead atoms. The van der Waals surface area contributed by atoms with Crippen molar-refractivity contribution in [3.05, 3.63) is 120 Å². The summed E-state index contributed by atoms with van der Waals surface area (Å²) >= 11 is 9.51. The van der Waals surface area contributed by atoms with Crippen LogP contribution in [0.2, 0.25) is 5.02 Å². The summed E-state index contributed by atoms with van der Waals surface area (Å²) in [7, 11) is 0. The van der Waals surface area contributed by atoms with Gasteiger partial charge in [0.15, 0.2) is 0 Å². The Morgan fingerprint density at radius 3 is 2.35 bits per heavy atom. The Kier molecular flexibility index (Phi) is 7.55. The summed E-state index contributed by atoms with van der Waals surface area (Å²) < 4.78 is 42.1. The monoisotopic (exact) mass is 592 g/mol. The molecule has 0 unspecified atom stereocenters. The number of aromatic hydroxyl groups is 1. The van der Waals surface area contributed by atoms with Crippen molar-refractivity contribution in [2.75, 3.05) is 5.32 Å². The number of nitrogens with one attached hydrogen (secondary N) is 2. The number of rotatable bonds is 5. The van der Waals surface area contributed by atoms with E-state index in [4.69, 9.17) is 11.6 Å². The van der Waals surface area contributed by atoms with Gasteiger partial charge >= 0.3 is 11.9 Å². The molecule has 7 nitrogen and oxygen atoms in total. The van der Waals surface area contributed by atoms with Gasteiger partial charge in [0.1, 0.15) is 11.4 Å². The minimum absolute atomic E-state index is 0.161. The molecule has 1 heterocycles. The van der Waals surface area contributed by atoms with Gasteiger partial charge in [0.25, 0.3) is 5.56 Å². The maximum absolute atomic E-state index is 13.5. The lowest BCUT2D eigenvalue weighted by Crippen LogP contribution is -2.35. The van der Waals surface area contributed by atoms with Crippen LogP contribution in [0.1, 0.15) is 16.7 Å². The zero-order chi connectivity index (χ0) is 26.7. The number of halogens is 5. The van der Waals surface area contributed by atoms with E-state index in [9.17, 15) is 27.9 Å². The molecule has 0 spiro atoms. The molecule has 0 fully saturated rings. The van der Waals surface area contributed by atoms with Crippen LogP contribution in [0.4, 0.5) is 18.9 Å². The molecular weight excluding hydrogens is 577 g/mol. The Labute approximate surface area is 221 Å². The van der Waals surface area contributed by atoms with Gasteiger partial charge in [-0.15, -0.1) is 0 Å². The Hall–Kier alpha value is -3.83. The summed E-state index contributed by atoms with van der Waals surface area (Å²) in [5.74, 6) is -1.06. The van der Waals surface area contributed by atoms with Crippen molar-refractivity contribution in [3.63, 3.8) is 0 Å². The largest absolute Gasteiger partial charge is 0.493 e. The van der Waals surface area contributed by atoms with Crippen LogP contribution in [0, 0.1) is 0 Å². The fraction of sp³-hybridized carbons (Fsp3) is 0.0800. The van der Waals surface area contributed by atoms with Crippen molar-refractivity contribution in [3.8, 4) is 11.6 Å². The smallest absolute Gasteiger partial charge is 0.416 e. The number of H-pyrrole nitrogens is 1. The number of benzene rings is 3. The fourth-order valence-corrected chi connectivity index (χ4v) is 3.99. The summed E-state index contributed by atoms with van der Waals surface area (Å²) in [6.45, 7) is -0.501. The third kappa shape index (κ3) is 5.78. The molecule has 4 rings (SSSR count). The molecule has 0 aliphatic rings. The van der Waals surface area contributed by atoms with Gasteiger partial charge in [-0.25, -0.2) is 9.36 Å². The zero-order valence-electron chi connectivity index (χ0n) is 18.7. The van der Waals surface area contributed by atoms with Gasteiger partial charge in [0.2, 0.25) is 5.88 Å². The molecule has 12 heteroatoms. The molecule has 0 saturated carbocycles. The molecule has 0 radical (unpaired) electrons. The number of para-hydroxylation sites is 1. The Bertz CT molecular complexity index is 1600. The van der Waals surface area contributed by atoms with Crippen LogP contribution >= 0.6 is 27.5 Å². The van der Waals surface area contributed by atoms with Crippen molar-refractivity contribution >= 4 is 39.1 Å². The molecule has 4 aromatic rings. The van der Waals surface area contributed by atoms with E-state index in [0.29, 0.717) is 4.47 Å². The number of anilines is 1. The van der Waals surface area contributed by atoms with Crippen LogP contribution in [0.15, 0.2) is 91.9 Å². The van der Waals surface area contributed by atoms with Gasteiger partial charge in [-0.05, 0) is 48.0 Å². The first-order chi connectivity index (χ1) is 17.6. The molecule has 0 aliphatic carbocycles. The number of amidine groups is 1. The lowest BCUT2D eigenvalue weighted by Gasteiger charge is -2.16. The normalized spacial score (nSPS) is 12.0. The summed E-state index contributed by atoms with van der Waals surface area (Å²) in [6.07, 6.45) is -4.63. The quantitative estimate of drug-likeness (QED) is 0.203. The average Bonchev–Trinajstić information content (AvgIpc) is 2.84. The standard InChI is InChI=1S/C25H17BrClF3N4O3/c26-15-9-11-16(12-10-15)34-23(36)20(22(35)33-24(34)37)21(32-19-8-4-3-7-18(19)27)31-13-14-5-1-2-6-17(14)25(28,29)30/h1-12,36H,13H2,(H,31,32)(H,33,35,37). The van der Waals surface area contributed by atoms with Crippen LogP contribution in [-0.2, 0) is 12.7 Å². The van der Waals surface area contributed by atoms with Gasteiger partial charge in [-0.3, -0.25) is 14.8 Å². The predicted octanol–water partition coefficient (Wildman–Crippen LogP) is 5.73. The summed E-state index contributed by atoms with van der Waals surface area (Å²) in [4.78, 5) is 31.8. The van der Waals surface area contributed by atoms with Gasteiger partial charge in [0.05, 0.1) is 28.5 Å². The van der Waals surface area contributed by atoms with Gasteiger partial charge in [-0.2, -0.15) is 13.2 Å². The van der Waals surface area contributed by atoms with Crippen molar-refractivity contribution in [1.82, 2.24) is 9.55 Å². The fourth-order valence-electron chi connectivity index (χ4n) is 3.54. The molecule has 190 valence electrons. The molecule has 0 saturated heterocycles. The molecule has 0 amide bonds. The van der Waals surface area contributed by atoms with Crippen LogP contribution in [0.3, 0.4) is 0 Å². The van der Waals surface area contributed by atoms with Crippen LogP contribution in [-0.4, -0.2) is 20.5 Å². The van der Waals surface area contributed by atoms with Gasteiger partial charge in [-0.1, -0.05) is 57.9 Å². The van der Waals surface area contributed by atoms with E-state index >= 15 is 0 Å². The lowest BCUT2D eigenvalue weighted by atomic mass is 10.1. The number of hydrogen-bond acceptors (Lipinski definition) is 4. The highest BCUT2D eigenvalue weighted by Gasteiger charge is 2.33. The number of nitrogens with zero attached hydrogens (tertiary/aromatic N) is 2. The molecule has 1 aromatic heterocycles. The molecule has 3 N–H and O–H groups in total. The minimum atomic E-state index is -4.63. The minimum Gasteiger partial charge on any atom is -0.493 e. The number of alkyl halides is 3. The number of aromatic amines is 1. The Morgan fingerprint density at radius 1 is 1.03 bits per heavy atom. The van der Waals surface area contributed by atoms with Crippen molar-refractivity contribution in [2.24, 2.45) is 4.99 Å². The Morgan fingerprint density at radius 2 is 1.68 bits per heavy atom. The predicted molar refractivity (Wildman–Crippen MR) is 139 cm³/mol. The third-order valence-corrected chi connectivity index (χ3v) is 6.12. The summed E-state index contributed by atoms with van der Waals surface area (Å²) in [5.41, 5.74) is -2.95. The molecule has 3 aromatic carbocycles. The van der Waals surface area contributed by atoms with E-state index < -0.39 is 41.0 Å². The average molecular weight is 594 g/mol. The highest BCUT2D eigenvalue weighted by molar-refractivity contribution is 9.10. The van der Waals surface area contributed by atoms with Crippen LogP contribution in [0.5, 0.6) is 5.88 Å². The highest BCUT2D eigenvalue weighted by Crippen LogP contribution is 2.32. The summed E-state index contributed by atoms with van der Waals surface area (Å²) in [5, 5.41) is 14.1. The first-order valence-electron chi connectivity index (χ1n) is 10.6. The van der Waals surface area contributed by atoms with Crippen LogP contribution < -0.4 is 16.6 Å². The van der Waals surface area contributed by atoms with E-state index in [1.54, 1.807) is 36.4 Å². The lowest BCUT2D eigenvalue weighted by molar-refractivity contribution is -0.138. The SMILES string of the molecule is O=c1[nH]c(=O)n(-c2ccc(Br)cc2)c(O)c1C(=NCc1ccccc1C(F)(F)F)Nc1ccccc1Cl. The maximum Gasteiger partial charge on any atom is 0.416 e. The molecule has 0 atom stereocenters.